The molecule has 0 amide bonds. The highest BCUT2D eigenvalue weighted by Crippen LogP contribution is 2.27. The highest BCUT2D eigenvalue weighted by molar-refractivity contribution is 5.86. The van der Waals surface area contributed by atoms with Crippen molar-refractivity contribution in [1.29, 1.82) is 0 Å². The van der Waals surface area contributed by atoms with Gasteiger partial charge in [0.05, 0.1) is 18.3 Å². The fourth-order valence-electron chi connectivity index (χ4n) is 1.48. The number of hydrogen-bond acceptors (Lipinski definition) is 3. The largest absolute Gasteiger partial charge is 0.478 e. The van der Waals surface area contributed by atoms with Gasteiger partial charge in [0, 0.05) is 12.4 Å². The Bertz CT molecular complexity index is 607. The summed E-state index contributed by atoms with van der Waals surface area (Å²) in [5, 5.41) is 12.5. The van der Waals surface area contributed by atoms with E-state index in [2.05, 4.69) is 10.1 Å². The van der Waals surface area contributed by atoms with Crippen molar-refractivity contribution in [1.82, 2.24) is 14.8 Å². The minimum Gasteiger partial charge on any atom is -0.478 e. The van der Waals surface area contributed by atoms with Gasteiger partial charge in [0.25, 0.3) is 0 Å². The quantitative estimate of drug-likeness (QED) is 0.927. The van der Waals surface area contributed by atoms with Gasteiger partial charge in [-0.3, -0.25) is 9.67 Å². The predicted octanol–water partition coefficient (Wildman–Crippen LogP) is 2.04. The lowest BCUT2D eigenvalue weighted by molar-refractivity contribution is -0.141. The van der Waals surface area contributed by atoms with E-state index in [1.165, 1.54) is 16.9 Å². The molecule has 0 spiro atoms. The first-order chi connectivity index (χ1) is 8.86. The molecule has 0 fully saturated rings. The summed E-state index contributed by atoms with van der Waals surface area (Å²) in [6.07, 6.45) is -1.07. The molecule has 0 aliphatic carbocycles. The molecule has 0 atom stereocenters. The Hall–Kier alpha value is -2.38. The Morgan fingerprint density at radius 3 is 2.74 bits per heavy atom. The minimum absolute atomic E-state index is 0.0231. The summed E-state index contributed by atoms with van der Waals surface area (Å²) in [5.41, 5.74) is -0.678. The van der Waals surface area contributed by atoms with Gasteiger partial charge in [-0.25, -0.2) is 4.79 Å². The molecule has 2 rings (SSSR count). The predicted molar refractivity (Wildman–Crippen MR) is 57.5 cm³/mol. The third-order valence-electron chi connectivity index (χ3n) is 2.34. The number of aromatic carboxylic acids is 1. The van der Waals surface area contributed by atoms with Crippen molar-refractivity contribution in [3.8, 4) is 0 Å². The van der Waals surface area contributed by atoms with Crippen LogP contribution in [0.1, 0.15) is 21.6 Å². The van der Waals surface area contributed by atoms with E-state index < -0.39 is 17.8 Å². The van der Waals surface area contributed by atoms with Crippen LogP contribution in [0, 0.1) is 0 Å². The molecule has 0 aliphatic heterocycles. The number of carboxylic acid groups (broad SMARTS) is 1. The third kappa shape index (κ3) is 3.09. The van der Waals surface area contributed by atoms with Gasteiger partial charge in [-0.1, -0.05) is 0 Å². The monoisotopic (exact) mass is 271 g/mol. The molecule has 0 bridgehead atoms. The minimum atomic E-state index is -4.51. The first kappa shape index (κ1) is 13.1. The SMILES string of the molecule is O=C(O)c1cnn(Cc2ccnc(C(F)(F)F)c2)c1. The van der Waals surface area contributed by atoms with Crippen LogP contribution in [0.2, 0.25) is 0 Å². The Morgan fingerprint density at radius 2 is 2.16 bits per heavy atom. The van der Waals surface area contributed by atoms with Crippen molar-refractivity contribution in [3.63, 3.8) is 0 Å². The van der Waals surface area contributed by atoms with Crippen LogP contribution in [0.15, 0.2) is 30.7 Å². The van der Waals surface area contributed by atoms with E-state index in [0.717, 1.165) is 18.5 Å². The maximum Gasteiger partial charge on any atom is 0.433 e. The molecule has 5 nitrogen and oxygen atoms in total. The Morgan fingerprint density at radius 1 is 1.42 bits per heavy atom. The van der Waals surface area contributed by atoms with Gasteiger partial charge < -0.3 is 5.11 Å². The molecule has 0 radical (unpaired) electrons. The first-order valence-electron chi connectivity index (χ1n) is 5.14. The molecule has 2 aromatic rings. The van der Waals surface area contributed by atoms with E-state index in [1.807, 2.05) is 0 Å². The molecule has 19 heavy (non-hydrogen) atoms. The van der Waals surface area contributed by atoms with Crippen molar-refractivity contribution in [2.24, 2.45) is 0 Å². The van der Waals surface area contributed by atoms with E-state index in [0.29, 0.717) is 5.56 Å². The van der Waals surface area contributed by atoms with Crippen LogP contribution in [-0.2, 0) is 12.7 Å². The number of nitrogens with zero attached hydrogens (tertiary/aromatic N) is 3. The second-order valence-corrected chi connectivity index (χ2v) is 3.78. The summed E-state index contributed by atoms with van der Waals surface area (Å²) in [6.45, 7) is 0.0406. The van der Waals surface area contributed by atoms with Gasteiger partial charge in [-0.05, 0) is 17.7 Å². The maximum atomic E-state index is 12.5. The zero-order chi connectivity index (χ0) is 14.0. The lowest BCUT2D eigenvalue weighted by Crippen LogP contribution is -2.09. The number of pyridine rings is 1. The van der Waals surface area contributed by atoms with E-state index in [9.17, 15) is 18.0 Å². The highest BCUT2D eigenvalue weighted by Gasteiger charge is 2.32. The molecule has 0 unspecified atom stereocenters. The summed E-state index contributed by atoms with van der Waals surface area (Å²) in [5.74, 6) is -1.14. The number of rotatable bonds is 3. The van der Waals surface area contributed by atoms with E-state index >= 15 is 0 Å². The van der Waals surface area contributed by atoms with Crippen LogP contribution in [0.3, 0.4) is 0 Å². The maximum absolute atomic E-state index is 12.5. The average Bonchev–Trinajstić information content (AvgIpc) is 2.77. The Labute approximate surface area is 105 Å². The fraction of sp³-hybridized carbons (Fsp3) is 0.182. The van der Waals surface area contributed by atoms with Gasteiger partial charge in [0.1, 0.15) is 5.69 Å². The van der Waals surface area contributed by atoms with Gasteiger partial charge >= 0.3 is 12.1 Å². The number of alkyl halides is 3. The standard InChI is InChI=1S/C11H8F3N3O2/c12-11(13,14)9-3-7(1-2-15-9)5-17-6-8(4-16-17)10(18)19/h1-4,6H,5H2,(H,18,19). The van der Waals surface area contributed by atoms with Gasteiger partial charge in [-0.2, -0.15) is 18.3 Å². The average molecular weight is 271 g/mol. The molecule has 0 saturated carbocycles. The zero-order valence-corrected chi connectivity index (χ0v) is 9.42. The summed E-state index contributed by atoms with van der Waals surface area (Å²) >= 11 is 0. The van der Waals surface area contributed by atoms with E-state index in [-0.39, 0.29) is 12.1 Å². The molecule has 0 saturated heterocycles. The van der Waals surface area contributed by atoms with Crippen molar-refractivity contribution in [2.75, 3.05) is 0 Å². The van der Waals surface area contributed by atoms with Crippen LogP contribution in [-0.4, -0.2) is 25.8 Å². The normalized spacial score (nSPS) is 11.5. The van der Waals surface area contributed by atoms with Crippen molar-refractivity contribution in [2.45, 2.75) is 12.7 Å². The van der Waals surface area contributed by atoms with Crippen molar-refractivity contribution in [3.05, 3.63) is 47.5 Å². The summed E-state index contributed by atoms with van der Waals surface area (Å²) in [7, 11) is 0. The molecular formula is C11H8F3N3O2. The first-order valence-corrected chi connectivity index (χ1v) is 5.14. The number of carboxylic acids is 1. The third-order valence-corrected chi connectivity index (χ3v) is 2.34. The van der Waals surface area contributed by atoms with Crippen LogP contribution in [0.25, 0.3) is 0 Å². The van der Waals surface area contributed by atoms with Crippen molar-refractivity contribution >= 4 is 5.97 Å². The topological polar surface area (TPSA) is 68.0 Å². The molecule has 8 heteroatoms. The lowest BCUT2D eigenvalue weighted by atomic mass is 10.2. The van der Waals surface area contributed by atoms with Crippen LogP contribution in [0.4, 0.5) is 13.2 Å². The smallest absolute Gasteiger partial charge is 0.433 e. The van der Waals surface area contributed by atoms with Crippen LogP contribution in [0.5, 0.6) is 0 Å². The van der Waals surface area contributed by atoms with Gasteiger partial charge in [0.2, 0.25) is 0 Å². The van der Waals surface area contributed by atoms with Gasteiger partial charge in [-0.15, -0.1) is 0 Å². The Kier molecular flexibility index (Phi) is 3.24. The summed E-state index contributed by atoms with van der Waals surface area (Å²) < 4.78 is 38.6. The highest BCUT2D eigenvalue weighted by atomic mass is 19.4. The summed E-state index contributed by atoms with van der Waals surface area (Å²) in [4.78, 5) is 13.9. The van der Waals surface area contributed by atoms with Crippen molar-refractivity contribution < 1.29 is 23.1 Å². The second kappa shape index (κ2) is 4.71. The molecule has 1 N–H and O–H groups in total. The fourth-order valence-corrected chi connectivity index (χ4v) is 1.48. The Balaban J connectivity index is 2.21. The zero-order valence-electron chi connectivity index (χ0n) is 9.42. The molecular weight excluding hydrogens is 263 g/mol. The molecule has 2 aromatic heterocycles. The van der Waals surface area contributed by atoms with E-state index in [1.54, 1.807) is 0 Å². The number of halogens is 3. The second-order valence-electron chi connectivity index (χ2n) is 3.78. The molecule has 0 aromatic carbocycles. The molecule has 100 valence electrons. The summed E-state index contributed by atoms with van der Waals surface area (Å²) in [6, 6.07) is 2.32. The van der Waals surface area contributed by atoms with Crippen LogP contribution >= 0.6 is 0 Å². The molecule has 2 heterocycles. The number of aromatic nitrogens is 3. The lowest BCUT2D eigenvalue weighted by Gasteiger charge is -2.07. The number of carbonyl (C=O) groups is 1. The molecule has 0 aliphatic rings. The van der Waals surface area contributed by atoms with Crippen LogP contribution < -0.4 is 0 Å². The van der Waals surface area contributed by atoms with E-state index in [4.69, 9.17) is 5.11 Å². The van der Waals surface area contributed by atoms with Gasteiger partial charge in [0.15, 0.2) is 0 Å². The number of hydrogen-bond donors (Lipinski definition) is 1.